The number of carbonyl (C=O) groups is 2. The highest BCUT2D eigenvalue weighted by molar-refractivity contribution is 7.99. The largest absolute Gasteiger partial charge is 0.325 e. The first-order chi connectivity index (χ1) is 8.49. The normalized spacial score (nSPS) is 10.4. The number of amides is 1. The molecule has 1 aromatic carbocycles. The van der Waals surface area contributed by atoms with Gasteiger partial charge >= 0.3 is 0 Å². The number of benzene rings is 1. The lowest BCUT2D eigenvalue weighted by Gasteiger charge is -2.07. The van der Waals surface area contributed by atoms with E-state index in [1.807, 2.05) is 0 Å². The molecule has 4 heteroatoms. The molecule has 0 fully saturated rings. The van der Waals surface area contributed by atoms with Crippen molar-refractivity contribution < 1.29 is 9.59 Å². The van der Waals surface area contributed by atoms with Gasteiger partial charge in [-0.05, 0) is 30.7 Å². The van der Waals surface area contributed by atoms with Crippen LogP contribution in [-0.4, -0.2) is 23.2 Å². The zero-order valence-corrected chi connectivity index (χ0v) is 11.8. The van der Waals surface area contributed by atoms with E-state index in [9.17, 15) is 9.59 Å². The Bertz CT molecular complexity index is 430. The summed E-state index contributed by atoms with van der Waals surface area (Å²) in [5.74, 6) is 1.98. The summed E-state index contributed by atoms with van der Waals surface area (Å²) in [5.41, 5.74) is 1.29. The molecule has 0 spiro atoms. The summed E-state index contributed by atoms with van der Waals surface area (Å²) in [4.78, 5) is 22.9. The Balaban J connectivity index is 2.49. The van der Waals surface area contributed by atoms with Crippen LogP contribution in [0.5, 0.6) is 0 Å². The highest BCUT2D eigenvalue weighted by Gasteiger charge is 2.05. The SMILES string of the molecule is CC(=O)c1cccc(NC(=O)CSCC(C)C)c1. The molecule has 0 aliphatic rings. The third kappa shape index (κ3) is 5.36. The van der Waals surface area contributed by atoms with E-state index < -0.39 is 0 Å². The minimum atomic E-state index is -0.0265. The molecule has 0 heterocycles. The second-order valence-electron chi connectivity index (χ2n) is 4.59. The second kappa shape index (κ2) is 7.21. The molecule has 98 valence electrons. The van der Waals surface area contributed by atoms with Crippen molar-refractivity contribution in [2.75, 3.05) is 16.8 Å². The molecule has 0 aromatic heterocycles. The van der Waals surface area contributed by atoms with E-state index in [1.165, 1.54) is 6.92 Å². The predicted molar refractivity (Wildman–Crippen MR) is 77.2 cm³/mol. The highest BCUT2D eigenvalue weighted by atomic mass is 32.2. The molecule has 1 aromatic rings. The van der Waals surface area contributed by atoms with E-state index in [1.54, 1.807) is 36.0 Å². The lowest BCUT2D eigenvalue weighted by molar-refractivity contribution is -0.113. The van der Waals surface area contributed by atoms with Gasteiger partial charge in [0.25, 0.3) is 0 Å². The van der Waals surface area contributed by atoms with Crippen LogP contribution >= 0.6 is 11.8 Å². The molecule has 3 nitrogen and oxygen atoms in total. The number of ketones is 1. The van der Waals surface area contributed by atoms with Crippen molar-refractivity contribution in [3.63, 3.8) is 0 Å². The Labute approximate surface area is 112 Å². The van der Waals surface area contributed by atoms with Crippen LogP contribution in [0.4, 0.5) is 5.69 Å². The maximum absolute atomic E-state index is 11.7. The van der Waals surface area contributed by atoms with Crippen molar-refractivity contribution in [1.82, 2.24) is 0 Å². The number of rotatable bonds is 6. The number of hydrogen-bond acceptors (Lipinski definition) is 3. The van der Waals surface area contributed by atoms with Gasteiger partial charge in [0.05, 0.1) is 5.75 Å². The molecule has 0 radical (unpaired) electrons. The van der Waals surface area contributed by atoms with Crippen LogP contribution in [0.1, 0.15) is 31.1 Å². The first kappa shape index (κ1) is 14.8. The van der Waals surface area contributed by atoms with Crippen LogP contribution in [0.3, 0.4) is 0 Å². The van der Waals surface area contributed by atoms with Crippen molar-refractivity contribution in [3.8, 4) is 0 Å². The molecule has 0 saturated carbocycles. The molecular formula is C14H19NO2S. The van der Waals surface area contributed by atoms with Crippen molar-refractivity contribution in [3.05, 3.63) is 29.8 Å². The summed E-state index contributed by atoms with van der Waals surface area (Å²) in [7, 11) is 0. The molecule has 1 N–H and O–H groups in total. The molecule has 18 heavy (non-hydrogen) atoms. The maximum atomic E-state index is 11.7. The van der Waals surface area contributed by atoms with Gasteiger partial charge in [-0.1, -0.05) is 26.0 Å². The van der Waals surface area contributed by atoms with Crippen molar-refractivity contribution in [2.24, 2.45) is 5.92 Å². The van der Waals surface area contributed by atoms with Crippen LogP contribution in [0, 0.1) is 5.92 Å². The molecule has 0 aliphatic carbocycles. The van der Waals surface area contributed by atoms with Crippen LogP contribution in [0.15, 0.2) is 24.3 Å². The summed E-state index contributed by atoms with van der Waals surface area (Å²) < 4.78 is 0. The summed E-state index contributed by atoms with van der Waals surface area (Å²) in [6.45, 7) is 5.77. The summed E-state index contributed by atoms with van der Waals surface area (Å²) in [6.07, 6.45) is 0. The zero-order chi connectivity index (χ0) is 13.5. The highest BCUT2D eigenvalue weighted by Crippen LogP contribution is 2.13. The third-order valence-corrected chi connectivity index (χ3v) is 3.61. The van der Waals surface area contributed by atoms with Gasteiger partial charge in [0.1, 0.15) is 0 Å². The molecule has 1 amide bonds. The Morgan fingerprint density at radius 3 is 2.67 bits per heavy atom. The first-order valence-corrected chi connectivity index (χ1v) is 7.13. The number of Topliss-reactive ketones (excluding diaryl/α,β-unsaturated/α-hetero) is 1. The molecular weight excluding hydrogens is 246 g/mol. The lowest BCUT2D eigenvalue weighted by atomic mass is 10.1. The molecule has 0 atom stereocenters. The van der Waals surface area contributed by atoms with Crippen molar-refractivity contribution >= 4 is 29.1 Å². The fourth-order valence-electron chi connectivity index (χ4n) is 1.40. The first-order valence-electron chi connectivity index (χ1n) is 5.97. The van der Waals surface area contributed by atoms with Crippen LogP contribution in [0.25, 0.3) is 0 Å². The van der Waals surface area contributed by atoms with Gasteiger partial charge < -0.3 is 5.32 Å². The Kier molecular flexibility index (Phi) is 5.92. The van der Waals surface area contributed by atoms with Crippen LogP contribution < -0.4 is 5.32 Å². The molecule has 0 bridgehead atoms. The smallest absolute Gasteiger partial charge is 0.234 e. The van der Waals surface area contributed by atoms with Gasteiger partial charge in [-0.3, -0.25) is 9.59 Å². The number of carbonyl (C=O) groups excluding carboxylic acids is 2. The van der Waals surface area contributed by atoms with Gasteiger partial charge in [0.2, 0.25) is 5.91 Å². The van der Waals surface area contributed by atoms with Gasteiger partial charge in [-0.25, -0.2) is 0 Å². The predicted octanol–water partition coefficient (Wildman–Crippen LogP) is 3.22. The number of hydrogen-bond donors (Lipinski definition) is 1. The molecule has 0 unspecified atom stereocenters. The zero-order valence-electron chi connectivity index (χ0n) is 11.0. The Hall–Kier alpha value is -1.29. The topological polar surface area (TPSA) is 46.2 Å². The van der Waals surface area contributed by atoms with Crippen LogP contribution in [0.2, 0.25) is 0 Å². The monoisotopic (exact) mass is 265 g/mol. The van der Waals surface area contributed by atoms with Crippen molar-refractivity contribution in [1.29, 1.82) is 0 Å². The van der Waals surface area contributed by atoms with E-state index in [-0.39, 0.29) is 11.7 Å². The van der Waals surface area contributed by atoms with Gasteiger partial charge in [-0.15, -0.1) is 0 Å². The summed E-state index contributed by atoms with van der Waals surface area (Å²) in [5, 5.41) is 2.80. The Morgan fingerprint density at radius 2 is 2.06 bits per heavy atom. The lowest BCUT2D eigenvalue weighted by Crippen LogP contribution is -2.15. The van der Waals surface area contributed by atoms with Gasteiger partial charge in [0, 0.05) is 11.3 Å². The molecule has 1 rings (SSSR count). The minimum Gasteiger partial charge on any atom is -0.325 e. The van der Waals surface area contributed by atoms with E-state index in [0.717, 1.165) is 5.75 Å². The minimum absolute atomic E-state index is 0.000261. The van der Waals surface area contributed by atoms with Crippen molar-refractivity contribution in [2.45, 2.75) is 20.8 Å². The summed E-state index contributed by atoms with van der Waals surface area (Å²) in [6, 6.07) is 7.00. The van der Waals surface area contributed by atoms with E-state index in [0.29, 0.717) is 22.9 Å². The number of thioether (sulfide) groups is 1. The van der Waals surface area contributed by atoms with E-state index in [4.69, 9.17) is 0 Å². The van der Waals surface area contributed by atoms with Crippen LogP contribution in [-0.2, 0) is 4.79 Å². The summed E-state index contributed by atoms with van der Waals surface area (Å²) >= 11 is 1.62. The van der Waals surface area contributed by atoms with Gasteiger partial charge in [0.15, 0.2) is 5.78 Å². The van der Waals surface area contributed by atoms with Gasteiger partial charge in [-0.2, -0.15) is 11.8 Å². The fourth-order valence-corrected chi connectivity index (χ4v) is 2.25. The number of anilines is 1. The average Bonchev–Trinajstić information content (AvgIpc) is 2.28. The quantitative estimate of drug-likeness (QED) is 0.803. The molecule has 0 saturated heterocycles. The second-order valence-corrected chi connectivity index (χ2v) is 5.62. The standard InChI is InChI=1S/C14H19NO2S/c1-10(2)8-18-9-14(17)15-13-6-4-5-12(7-13)11(3)16/h4-7,10H,8-9H2,1-3H3,(H,15,17). The fraction of sp³-hybridized carbons (Fsp3) is 0.429. The van der Waals surface area contributed by atoms with E-state index in [2.05, 4.69) is 19.2 Å². The third-order valence-electron chi connectivity index (χ3n) is 2.24. The van der Waals surface area contributed by atoms with E-state index >= 15 is 0 Å². The Morgan fingerprint density at radius 1 is 1.33 bits per heavy atom. The average molecular weight is 265 g/mol. The maximum Gasteiger partial charge on any atom is 0.234 e. The molecule has 0 aliphatic heterocycles. The number of nitrogens with one attached hydrogen (secondary N) is 1.